The third-order valence-electron chi connectivity index (χ3n) is 4.29. The molecular weight excluding hydrogens is 317 g/mol. The van der Waals surface area contributed by atoms with Gasteiger partial charge in [-0.3, -0.25) is 0 Å². The molecule has 0 aliphatic heterocycles. The van der Waals surface area contributed by atoms with E-state index in [2.05, 4.69) is 4.72 Å². The summed E-state index contributed by atoms with van der Waals surface area (Å²) in [5, 5.41) is 0. The van der Waals surface area contributed by atoms with Gasteiger partial charge >= 0.3 is 0 Å². The molecule has 3 rings (SSSR count). The van der Waals surface area contributed by atoms with E-state index in [1.807, 2.05) is 24.3 Å². The molecule has 2 aromatic carbocycles. The highest BCUT2D eigenvalue weighted by Gasteiger charge is 2.38. The number of sulfonamides is 1. The molecule has 1 aliphatic rings. The van der Waals surface area contributed by atoms with E-state index in [1.165, 1.54) is 18.2 Å². The smallest absolute Gasteiger partial charge is 0.243 e. The Morgan fingerprint density at radius 3 is 2.22 bits per heavy atom. The Hall–Kier alpha value is -1.76. The van der Waals surface area contributed by atoms with E-state index in [0.29, 0.717) is 12.8 Å². The number of halogens is 1. The van der Waals surface area contributed by atoms with Crippen molar-refractivity contribution in [2.75, 3.05) is 13.7 Å². The van der Waals surface area contributed by atoms with Gasteiger partial charge in [-0.05, 0) is 23.3 Å². The topological polar surface area (TPSA) is 55.4 Å². The van der Waals surface area contributed by atoms with Crippen molar-refractivity contribution in [3.05, 3.63) is 65.5 Å². The molecule has 0 amide bonds. The summed E-state index contributed by atoms with van der Waals surface area (Å²) in [4.78, 5) is -0.346. The molecule has 0 heterocycles. The molecule has 0 aromatic heterocycles. The summed E-state index contributed by atoms with van der Waals surface area (Å²) in [7, 11) is -2.35. The zero-order valence-corrected chi connectivity index (χ0v) is 13.6. The predicted molar refractivity (Wildman–Crippen MR) is 85.2 cm³/mol. The monoisotopic (exact) mass is 335 g/mol. The van der Waals surface area contributed by atoms with Gasteiger partial charge in [0, 0.05) is 26.5 Å². The molecule has 6 heteroatoms. The molecule has 0 unspecified atom stereocenters. The van der Waals surface area contributed by atoms with Crippen LogP contribution in [0.3, 0.4) is 0 Å². The van der Waals surface area contributed by atoms with Gasteiger partial charge in [-0.15, -0.1) is 0 Å². The number of hydrogen-bond donors (Lipinski definition) is 1. The third-order valence-corrected chi connectivity index (χ3v) is 5.72. The van der Waals surface area contributed by atoms with Crippen molar-refractivity contribution in [3.63, 3.8) is 0 Å². The highest BCUT2D eigenvalue weighted by molar-refractivity contribution is 7.89. The number of benzene rings is 2. The predicted octanol–water partition coefficient (Wildman–Crippen LogP) is 2.29. The summed E-state index contributed by atoms with van der Waals surface area (Å²) >= 11 is 0. The van der Waals surface area contributed by atoms with Gasteiger partial charge in [0.15, 0.2) is 0 Å². The molecule has 0 atom stereocenters. The first-order chi connectivity index (χ1) is 11.0. The molecule has 1 aliphatic carbocycles. The minimum Gasteiger partial charge on any atom is -0.376 e. The molecule has 0 spiro atoms. The van der Waals surface area contributed by atoms with E-state index in [1.54, 1.807) is 7.11 Å². The Morgan fingerprint density at radius 1 is 1.09 bits per heavy atom. The largest absolute Gasteiger partial charge is 0.376 e. The van der Waals surface area contributed by atoms with Crippen molar-refractivity contribution >= 4 is 10.0 Å². The van der Waals surface area contributed by atoms with Crippen LogP contribution < -0.4 is 4.72 Å². The summed E-state index contributed by atoms with van der Waals surface area (Å²) in [6, 6.07) is 13.3. The van der Waals surface area contributed by atoms with Crippen LogP contribution in [0.1, 0.15) is 11.1 Å². The second-order valence-corrected chi connectivity index (χ2v) is 7.50. The van der Waals surface area contributed by atoms with Crippen molar-refractivity contribution in [2.24, 2.45) is 0 Å². The van der Waals surface area contributed by atoms with Gasteiger partial charge in [0.05, 0.1) is 5.60 Å². The fourth-order valence-electron chi connectivity index (χ4n) is 2.97. The Balaban J connectivity index is 1.79. The van der Waals surface area contributed by atoms with E-state index < -0.39 is 21.4 Å². The van der Waals surface area contributed by atoms with Crippen molar-refractivity contribution in [1.82, 2.24) is 4.72 Å². The maximum Gasteiger partial charge on any atom is 0.243 e. The van der Waals surface area contributed by atoms with Crippen LogP contribution in [0.15, 0.2) is 53.4 Å². The second kappa shape index (κ2) is 6.03. The van der Waals surface area contributed by atoms with Gasteiger partial charge < -0.3 is 4.74 Å². The number of rotatable bonds is 5. The lowest BCUT2D eigenvalue weighted by molar-refractivity contribution is 0.00377. The second-order valence-electron chi connectivity index (χ2n) is 5.76. The fraction of sp³-hybridized carbons (Fsp3) is 0.294. The van der Waals surface area contributed by atoms with E-state index in [4.69, 9.17) is 4.74 Å². The Kier molecular flexibility index (Phi) is 4.23. The van der Waals surface area contributed by atoms with Crippen LogP contribution >= 0.6 is 0 Å². The SMILES string of the molecule is COC1(CNS(=O)(=O)c2ccccc2F)Cc2ccccc2C1. The zero-order valence-electron chi connectivity index (χ0n) is 12.8. The van der Waals surface area contributed by atoms with Gasteiger partial charge in [0.1, 0.15) is 10.7 Å². The van der Waals surface area contributed by atoms with E-state index in [9.17, 15) is 12.8 Å². The van der Waals surface area contributed by atoms with E-state index in [-0.39, 0.29) is 11.4 Å². The van der Waals surface area contributed by atoms with Crippen molar-refractivity contribution in [2.45, 2.75) is 23.3 Å². The van der Waals surface area contributed by atoms with Crippen LogP contribution in [-0.4, -0.2) is 27.7 Å². The molecule has 0 bridgehead atoms. The van der Waals surface area contributed by atoms with Gasteiger partial charge in [0.2, 0.25) is 10.0 Å². The van der Waals surface area contributed by atoms with Crippen LogP contribution in [0, 0.1) is 5.82 Å². The summed E-state index contributed by atoms with van der Waals surface area (Å²) in [6.07, 6.45) is 1.25. The summed E-state index contributed by atoms with van der Waals surface area (Å²) in [5.41, 5.74) is 1.67. The average molecular weight is 335 g/mol. The standard InChI is InChI=1S/C17H18FNO3S/c1-22-17(10-13-6-2-3-7-14(13)11-17)12-19-23(20,21)16-9-5-4-8-15(16)18/h2-9,19H,10-12H2,1H3. The number of hydrogen-bond acceptors (Lipinski definition) is 3. The van der Waals surface area contributed by atoms with Gasteiger partial charge in [0.25, 0.3) is 0 Å². The minimum absolute atomic E-state index is 0.0921. The highest BCUT2D eigenvalue weighted by atomic mass is 32.2. The summed E-state index contributed by atoms with van der Waals surface area (Å²) < 4.78 is 46.5. The lowest BCUT2D eigenvalue weighted by atomic mass is 10.0. The summed E-state index contributed by atoms with van der Waals surface area (Å²) in [6.45, 7) is 0.0921. The molecule has 0 saturated carbocycles. The number of ether oxygens (including phenoxy) is 1. The van der Waals surface area contributed by atoms with Crippen molar-refractivity contribution in [1.29, 1.82) is 0 Å². The molecule has 2 aromatic rings. The first-order valence-electron chi connectivity index (χ1n) is 7.32. The van der Waals surface area contributed by atoms with Crippen LogP contribution in [-0.2, 0) is 27.6 Å². The van der Waals surface area contributed by atoms with E-state index >= 15 is 0 Å². The molecular formula is C17H18FNO3S. The maximum atomic E-state index is 13.7. The lowest BCUT2D eigenvalue weighted by Gasteiger charge is -2.27. The Bertz CT molecular complexity index is 795. The zero-order chi connectivity index (χ0) is 16.5. The van der Waals surface area contributed by atoms with Gasteiger partial charge in [-0.1, -0.05) is 36.4 Å². The van der Waals surface area contributed by atoms with Gasteiger partial charge in [-0.2, -0.15) is 0 Å². The number of methoxy groups -OCH3 is 1. The Labute approximate surface area is 135 Å². The lowest BCUT2D eigenvalue weighted by Crippen LogP contribution is -2.45. The average Bonchev–Trinajstić information content (AvgIpc) is 2.93. The molecule has 23 heavy (non-hydrogen) atoms. The number of fused-ring (bicyclic) bond motifs is 1. The minimum atomic E-state index is -3.92. The van der Waals surface area contributed by atoms with Crippen LogP contribution in [0.5, 0.6) is 0 Å². The van der Waals surface area contributed by atoms with Crippen LogP contribution in [0.25, 0.3) is 0 Å². The molecule has 0 saturated heterocycles. The maximum absolute atomic E-state index is 13.7. The molecule has 0 radical (unpaired) electrons. The summed E-state index contributed by atoms with van der Waals surface area (Å²) in [5.74, 6) is -0.763. The molecule has 4 nitrogen and oxygen atoms in total. The number of nitrogens with one attached hydrogen (secondary N) is 1. The quantitative estimate of drug-likeness (QED) is 0.912. The highest BCUT2D eigenvalue weighted by Crippen LogP contribution is 2.32. The fourth-order valence-corrected chi connectivity index (χ4v) is 4.16. The molecule has 0 fully saturated rings. The van der Waals surface area contributed by atoms with Gasteiger partial charge in [-0.25, -0.2) is 17.5 Å². The van der Waals surface area contributed by atoms with Crippen LogP contribution in [0.2, 0.25) is 0 Å². The van der Waals surface area contributed by atoms with Crippen molar-refractivity contribution in [3.8, 4) is 0 Å². The molecule has 1 N–H and O–H groups in total. The first-order valence-corrected chi connectivity index (χ1v) is 8.80. The van der Waals surface area contributed by atoms with E-state index in [0.717, 1.165) is 17.2 Å². The Morgan fingerprint density at radius 2 is 1.65 bits per heavy atom. The first kappa shape index (κ1) is 16.1. The van der Waals surface area contributed by atoms with Crippen molar-refractivity contribution < 1.29 is 17.5 Å². The normalized spacial score (nSPS) is 16.3. The van der Waals surface area contributed by atoms with Crippen LogP contribution in [0.4, 0.5) is 4.39 Å². The third kappa shape index (κ3) is 3.15. The molecule has 122 valence electrons.